The molecular formula is C20H23NO3. The highest BCUT2D eigenvalue weighted by atomic mass is 16.5. The Kier molecular flexibility index (Phi) is 6.43. The summed E-state index contributed by atoms with van der Waals surface area (Å²) < 4.78 is 5.95. The Hall–Kier alpha value is -2.75. The Balaban J connectivity index is 2.38. The molecule has 4 heteroatoms. The molecule has 4 nitrogen and oxygen atoms in total. The van der Waals surface area contributed by atoms with Gasteiger partial charge in [0, 0.05) is 24.4 Å². The number of unbranched alkanes of at least 4 members (excludes halogenated alkanes) is 1. The molecule has 0 saturated carbocycles. The first-order chi connectivity index (χ1) is 11.6. The molecule has 0 saturated heterocycles. The third-order valence-electron chi connectivity index (χ3n) is 3.64. The standard InChI is InChI=1S/C20H23NO3/c1-3-4-12-24-19-13-15(9-11-20(22)23)8-10-18(19)16-6-5-7-17(14-16)21-2/h5-11,13-14,21H,3-4,12H2,1-2H3,(H,22,23). The average molecular weight is 325 g/mol. The van der Waals surface area contributed by atoms with Gasteiger partial charge in [-0.15, -0.1) is 0 Å². The van der Waals surface area contributed by atoms with Gasteiger partial charge in [0.2, 0.25) is 0 Å². The van der Waals surface area contributed by atoms with Crippen molar-refractivity contribution >= 4 is 17.7 Å². The van der Waals surface area contributed by atoms with Crippen LogP contribution >= 0.6 is 0 Å². The highest BCUT2D eigenvalue weighted by molar-refractivity contribution is 5.86. The maximum atomic E-state index is 10.7. The molecule has 0 spiro atoms. The van der Waals surface area contributed by atoms with Crippen molar-refractivity contribution in [3.63, 3.8) is 0 Å². The van der Waals surface area contributed by atoms with Gasteiger partial charge >= 0.3 is 5.97 Å². The van der Waals surface area contributed by atoms with Gasteiger partial charge in [-0.25, -0.2) is 4.79 Å². The quantitative estimate of drug-likeness (QED) is 0.547. The minimum Gasteiger partial charge on any atom is -0.493 e. The molecule has 0 radical (unpaired) electrons. The zero-order valence-electron chi connectivity index (χ0n) is 14.1. The minimum atomic E-state index is -0.964. The molecule has 0 bridgehead atoms. The summed E-state index contributed by atoms with van der Waals surface area (Å²) in [6.07, 6.45) is 4.74. The molecule has 0 amide bonds. The lowest BCUT2D eigenvalue weighted by atomic mass is 10.0. The SMILES string of the molecule is CCCCOc1cc(C=CC(=O)O)ccc1-c1cccc(NC)c1. The summed E-state index contributed by atoms with van der Waals surface area (Å²) in [4.78, 5) is 10.7. The van der Waals surface area contributed by atoms with Gasteiger partial charge in [-0.2, -0.15) is 0 Å². The van der Waals surface area contributed by atoms with Gasteiger partial charge in [0.25, 0.3) is 0 Å². The van der Waals surface area contributed by atoms with Crippen LogP contribution in [-0.2, 0) is 4.79 Å². The van der Waals surface area contributed by atoms with Gasteiger partial charge in [0.1, 0.15) is 5.75 Å². The largest absolute Gasteiger partial charge is 0.493 e. The predicted molar refractivity (Wildman–Crippen MR) is 98.5 cm³/mol. The second-order valence-corrected chi connectivity index (χ2v) is 5.46. The molecule has 0 aliphatic carbocycles. The summed E-state index contributed by atoms with van der Waals surface area (Å²) >= 11 is 0. The number of benzene rings is 2. The van der Waals surface area contributed by atoms with E-state index in [4.69, 9.17) is 9.84 Å². The van der Waals surface area contributed by atoms with Crippen LogP contribution < -0.4 is 10.1 Å². The van der Waals surface area contributed by atoms with Crippen LogP contribution in [0.1, 0.15) is 25.3 Å². The van der Waals surface area contributed by atoms with E-state index in [-0.39, 0.29) is 0 Å². The number of carboxylic acid groups (broad SMARTS) is 1. The summed E-state index contributed by atoms with van der Waals surface area (Å²) in [6, 6.07) is 13.9. The zero-order valence-corrected chi connectivity index (χ0v) is 14.1. The average Bonchev–Trinajstić information content (AvgIpc) is 2.60. The first kappa shape index (κ1) is 17.6. The summed E-state index contributed by atoms with van der Waals surface area (Å²) in [5.41, 5.74) is 3.89. The first-order valence-corrected chi connectivity index (χ1v) is 8.10. The Morgan fingerprint density at radius 3 is 2.79 bits per heavy atom. The maximum absolute atomic E-state index is 10.7. The number of carbonyl (C=O) groups is 1. The second kappa shape index (κ2) is 8.77. The first-order valence-electron chi connectivity index (χ1n) is 8.10. The van der Waals surface area contributed by atoms with Gasteiger partial charge in [0.05, 0.1) is 6.61 Å². The van der Waals surface area contributed by atoms with Crippen LogP contribution in [0.4, 0.5) is 5.69 Å². The number of aliphatic carboxylic acids is 1. The van der Waals surface area contributed by atoms with E-state index in [1.807, 2.05) is 43.4 Å². The fourth-order valence-corrected chi connectivity index (χ4v) is 2.34. The number of hydrogen-bond donors (Lipinski definition) is 2. The number of ether oxygens (including phenoxy) is 1. The number of hydrogen-bond acceptors (Lipinski definition) is 3. The van der Waals surface area contributed by atoms with Gasteiger partial charge < -0.3 is 15.2 Å². The molecule has 0 fully saturated rings. The van der Waals surface area contributed by atoms with Gasteiger partial charge in [-0.3, -0.25) is 0 Å². The third kappa shape index (κ3) is 4.88. The number of nitrogens with one attached hydrogen (secondary N) is 1. The molecule has 0 heterocycles. The van der Waals surface area contributed by atoms with Crippen molar-refractivity contribution in [3.8, 4) is 16.9 Å². The highest BCUT2D eigenvalue weighted by Crippen LogP contribution is 2.33. The van der Waals surface area contributed by atoms with Crippen molar-refractivity contribution < 1.29 is 14.6 Å². The van der Waals surface area contributed by atoms with Gasteiger partial charge in [-0.1, -0.05) is 37.6 Å². The zero-order chi connectivity index (χ0) is 17.4. The van der Waals surface area contributed by atoms with Crippen LogP contribution in [-0.4, -0.2) is 24.7 Å². The Morgan fingerprint density at radius 2 is 2.08 bits per heavy atom. The summed E-state index contributed by atoms with van der Waals surface area (Å²) in [5.74, 6) is -0.196. The van der Waals surface area contributed by atoms with E-state index in [2.05, 4.69) is 18.3 Å². The Bertz CT molecular complexity index is 723. The molecule has 0 aliphatic heterocycles. The van der Waals surface area contributed by atoms with Crippen LogP contribution in [0.2, 0.25) is 0 Å². The van der Waals surface area contributed by atoms with Crippen LogP contribution in [0.15, 0.2) is 48.5 Å². The molecule has 0 unspecified atom stereocenters. The van der Waals surface area contributed by atoms with Gasteiger partial charge in [-0.05, 0) is 41.8 Å². The monoisotopic (exact) mass is 325 g/mol. The molecule has 126 valence electrons. The Labute approximate surface area is 142 Å². The van der Waals surface area contributed by atoms with Gasteiger partial charge in [0.15, 0.2) is 0 Å². The fourth-order valence-electron chi connectivity index (χ4n) is 2.34. The number of rotatable bonds is 8. The highest BCUT2D eigenvalue weighted by Gasteiger charge is 2.08. The summed E-state index contributed by atoms with van der Waals surface area (Å²) in [6.45, 7) is 2.76. The summed E-state index contributed by atoms with van der Waals surface area (Å²) in [7, 11) is 1.89. The van der Waals surface area contributed by atoms with E-state index in [1.165, 1.54) is 0 Å². The topological polar surface area (TPSA) is 58.6 Å². The molecule has 2 aromatic carbocycles. The van der Waals surface area contributed by atoms with Crippen molar-refractivity contribution in [1.82, 2.24) is 0 Å². The summed E-state index contributed by atoms with van der Waals surface area (Å²) in [5, 5.41) is 11.9. The van der Waals surface area contributed by atoms with E-state index >= 15 is 0 Å². The van der Waals surface area contributed by atoms with Crippen LogP contribution in [0.5, 0.6) is 5.75 Å². The predicted octanol–water partition coefficient (Wildman–Crippen LogP) is 4.67. The van der Waals surface area contributed by atoms with Crippen molar-refractivity contribution in [2.24, 2.45) is 0 Å². The third-order valence-corrected chi connectivity index (χ3v) is 3.64. The minimum absolute atomic E-state index is 0.640. The molecule has 24 heavy (non-hydrogen) atoms. The maximum Gasteiger partial charge on any atom is 0.328 e. The fraction of sp³-hybridized carbons (Fsp3) is 0.250. The van der Waals surface area contributed by atoms with Crippen molar-refractivity contribution in [3.05, 3.63) is 54.1 Å². The Morgan fingerprint density at radius 1 is 1.25 bits per heavy atom. The van der Waals surface area contributed by atoms with E-state index in [9.17, 15) is 4.79 Å². The van der Waals surface area contributed by atoms with E-state index in [0.717, 1.165) is 47.0 Å². The number of anilines is 1. The number of carboxylic acids is 1. The smallest absolute Gasteiger partial charge is 0.328 e. The molecule has 2 rings (SSSR count). The van der Waals surface area contributed by atoms with Crippen molar-refractivity contribution in [2.75, 3.05) is 19.0 Å². The normalized spacial score (nSPS) is 10.8. The lowest BCUT2D eigenvalue weighted by Crippen LogP contribution is -1.99. The van der Waals surface area contributed by atoms with Crippen molar-refractivity contribution in [2.45, 2.75) is 19.8 Å². The van der Waals surface area contributed by atoms with Crippen LogP contribution in [0, 0.1) is 0 Å². The molecule has 2 aromatic rings. The lowest BCUT2D eigenvalue weighted by molar-refractivity contribution is -0.131. The van der Waals surface area contributed by atoms with E-state index in [1.54, 1.807) is 6.08 Å². The van der Waals surface area contributed by atoms with E-state index < -0.39 is 5.97 Å². The van der Waals surface area contributed by atoms with Crippen molar-refractivity contribution in [1.29, 1.82) is 0 Å². The molecular weight excluding hydrogens is 302 g/mol. The molecule has 2 N–H and O–H groups in total. The second-order valence-electron chi connectivity index (χ2n) is 5.46. The van der Waals surface area contributed by atoms with Crippen LogP contribution in [0.3, 0.4) is 0 Å². The molecule has 0 atom stereocenters. The van der Waals surface area contributed by atoms with E-state index in [0.29, 0.717) is 6.61 Å². The van der Waals surface area contributed by atoms with Crippen LogP contribution in [0.25, 0.3) is 17.2 Å². The lowest BCUT2D eigenvalue weighted by Gasteiger charge is -2.13. The molecule has 0 aliphatic rings. The molecule has 0 aromatic heterocycles.